The molecular weight excluding hydrogens is 288 g/mol. The highest BCUT2D eigenvalue weighted by atomic mass is 32.2. The normalized spacial score (nSPS) is 16.0. The maximum absolute atomic E-state index is 12.3. The van der Waals surface area contributed by atoms with E-state index in [1.807, 2.05) is 13.8 Å². The fourth-order valence-corrected chi connectivity index (χ4v) is 3.43. The number of esters is 1. The zero-order valence-corrected chi connectivity index (χ0v) is 14.2. The van der Waals surface area contributed by atoms with Gasteiger partial charge in [-0.2, -0.15) is 0 Å². The van der Waals surface area contributed by atoms with Crippen LogP contribution in [-0.4, -0.2) is 60.6 Å². The summed E-state index contributed by atoms with van der Waals surface area (Å²) in [6.07, 6.45) is 2.22. The van der Waals surface area contributed by atoms with Crippen LogP contribution < -0.4 is 5.32 Å². The van der Waals surface area contributed by atoms with Crippen molar-refractivity contribution in [3.05, 3.63) is 0 Å². The first kappa shape index (κ1) is 18.3. The predicted octanol–water partition coefficient (Wildman–Crippen LogP) is 1.52. The van der Waals surface area contributed by atoms with Gasteiger partial charge in [-0.1, -0.05) is 13.8 Å². The smallest absolute Gasteiger partial charge is 0.325 e. The highest BCUT2D eigenvalue weighted by Crippen LogP contribution is 2.20. The third kappa shape index (κ3) is 7.71. The second-order valence-electron chi connectivity index (χ2n) is 5.73. The molecule has 1 N–H and O–H groups in total. The van der Waals surface area contributed by atoms with E-state index < -0.39 is 0 Å². The van der Waals surface area contributed by atoms with Crippen molar-refractivity contribution in [2.75, 3.05) is 38.5 Å². The standard InChI is InChI=1S/C15H28N2O3S/c1-4-20-15(19)10-17(9-12(2)3)14(18)11-21-13-5-7-16-8-6-13/h12-13,16H,4-11H2,1-3H3. The Labute approximate surface area is 132 Å². The number of carbonyl (C=O) groups excluding carboxylic acids is 2. The molecule has 122 valence electrons. The lowest BCUT2D eigenvalue weighted by molar-refractivity contribution is -0.148. The van der Waals surface area contributed by atoms with Gasteiger partial charge in [-0.15, -0.1) is 11.8 Å². The van der Waals surface area contributed by atoms with Crippen LogP contribution in [0.5, 0.6) is 0 Å². The van der Waals surface area contributed by atoms with Crippen molar-refractivity contribution < 1.29 is 14.3 Å². The predicted molar refractivity (Wildman–Crippen MR) is 86.4 cm³/mol. The maximum atomic E-state index is 12.3. The van der Waals surface area contributed by atoms with Gasteiger partial charge in [-0.25, -0.2) is 0 Å². The Morgan fingerprint density at radius 1 is 1.33 bits per heavy atom. The molecule has 0 aromatic carbocycles. The molecule has 0 aliphatic carbocycles. The summed E-state index contributed by atoms with van der Waals surface area (Å²) in [5.41, 5.74) is 0. The van der Waals surface area contributed by atoms with Crippen LogP contribution in [0.25, 0.3) is 0 Å². The molecule has 0 spiro atoms. The largest absolute Gasteiger partial charge is 0.465 e. The molecule has 5 nitrogen and oxygen atoms in total. The molecule has 0 bridgehead atoms. The van der Waals surface area contributed by atoms with Crippen molar-refractivity contribution in [2.45, 2.75) is 38.9 Å². The first-order valence-electron chi connectivity index (χ1n) is 7.78. The van der Waals surface area contributed by atoms with E-state index in [0.29, 0.717) is 30.1 Å². The number of ether oxygens (including phenoxy) is 1. The van der Waals surface area contributed by atoms with Gasteiger partial charge < -0.3 is 15.0 Å². The Kier molecular flexibility index (Phi) is 8.76. The van der Waals surface area contributed by atoms with Gasteiger partial charge in [0.05, 0.1) is 12.4 Å². The minimum Gasteiger partial charge on any atom is -0.465 e. The number of amides is 1. The fraction of sp³-hybridized carbons (Fsp3) is 0.867. The number of hydrogen-bond acceptors (Lipinski definition) is 5. The summed E-state index contributed by atoms with van der Waals surface area (Å²) in [6.45, 7) is 8.96. The Balaban J connectivity index is 2.43. The van der Waals surface area contributed by atoms with Crippen molar-refractivity contribution in [3.8, 4) is 0 Å². The molecule has 1 aliphatic rings. The average Bonchev–Trinajstić information content (AvgIpc) is 2.45. The summed E-state index contributed by atoms with van der Waals surface area (Å²) < 4.78 is 4.95. The molecule has 0 radical (unpaired) electrons. The molecule has 1 amide bonds. The Bertz CT molecular complexity index is 331. The monoisotopic (exact) mass is 316 g/mol. The molecule has 1 heterocycles. The quantitative estimate of drug-likeness (QED) is 0.688. The second-order valence-corrected chi connectivity index (χ2v) is 7.02. The zero-order valence-electron chi connectivity index (χ0n) is 13.4. The highest BCUT2D eigenvalue weighted by molar-refractivity contribution is 8.00. The van der Waals surface area contributed by atoms with Crippen LogP contribution in [0.15, 0.2) is 0 Å². The van der Waals surface area contributed by atoms with Crippen molar-refractivity contribution in [1.29, 1.82) is 0 Å². The third-order valence-electron chi connectivity index (χ3n) is 3.29. The van der Waals surface area contributed by atoms with Crippen molar-refractivity contribution in [1.82, 2.24) is 10.2 Å². The summed E-state index contributed by atoms with van der Waals surface area (Å²) in [6, 6.07) is 0. The van der Waals surface area contributed by atoms with E-state index in [1.54, 1.807) is 23.6 Å². The Hall–Kier alpha value is -0.750. The topological polar surface area (TPSA) is 58.6 Å². The summed E-state index contributed by atoms with van der Waals surface area (Å²) in [4.78, 5) is 25.6. The minimum atomic E-state index is -0.321. The summed E-state index contributed by atoms with van der Waals surface area (Å²) in [7, 11) is 0. The first-order chi connectivity index (χ1) is 10.0. The lowest BCUT2D eigenvalue weighted by atomic mass is 10.2. The second kappa shape index (κ2) is 10.1. The number of nitrogens with zero attached hydrogens (tertiary/aromatic N) is 1. The molecule has 0 unspecified atom stereocenters. The van der Waals surface area contributed by atoms with E-state index in [1.165, 1.54) is 0 Å². The average molecular weight is 316 g/mol. The van der Waals surface area contributed by atoms with Crippen molar-refractivity contribution in [2.24, 2.45) is 5.92 Å². The minimum absolute atomic E-state index is 0.0419. The Morgan fingerprint density at radius 3 is 2.57 bits per heavy atom. The summed E-state index contributed by atoms with van der Waals surface area (Å²) in [5, 5.41) is 3.88. The third-order valence-corrected chi connectivity index (χ3v) is 4.65. The van der Waals surface area contributed by atoms with Gasteiger partial charge in [-0.05, 0) is 38.8 Å². The van der Waals surface area contributed by atoms with Gasteiger partial charge in [0, 0.05) is 11.8 Å². The molecule has 1 aliphatic heterocycles. The first-order valence-corrected chi connectivity index (χ1v) is 8.83. The van der Waals surface area contributed by atoms with Gasteiger partial charge in [0.25, 0.3) is 0 Å². The summed E-state index contributed by atoms with van der Waals surface area (Å²) in [5.74, 6) is 0.516. The van der Waals surface area contributed by atoms with Gasteiger partial charge in [0.15, 0.2) is 0 Å². The molecular formula is C15H28N2O3S. The van der Waals surface area contributed by atoms with Crippen molar-refractivity contribution >= 4 is 23.6 Å². The molecule has 6 heteroatoms. The van der Waals surface area contributed by atoms with E-state index in [2.05, 4.69) is 5.32 Å². The number of carbonyl (C=O) groups is 2. The SMILES string of the molecule is CCOC(=O)CN(CC(C)C)C(=O)CSC1CCNCC1. The van der Waals surface area contributed by atoms with E-state index in [4.69, 9.17) is 4.74 Å². The maximum Gasteiger partial charge on any atom is 0.325 e. The lowest BCUT2D eigenvalue weighted by Crippen LogP contribution is -2.40. The van der Waals surface area contributed by atoms with Crippen LogP contribution >= 0.6 is 11.8 Å². The number of nitrogens with one attached hydrogen (secondary N) is 1. The molecule has 0 saturated carbocycles. The fourth-order valence-electron chi connectivity index (χ4n) is 2.30. The van der Waals surface area contributed by atoms with E-state index in [0.717, 1.165) is 25.9 Å². The molecule has 0 aromatic heterocycles. The molecule has 1 rings (SSSR count). The zero-order chi connectivity index (χ0) is 15.7. The van der Waals surface area contributed by atoms with Gasteiger partial charge >= 0.3 is 5.97 Å². The van der Waals surface area contributed by atoms with E-state index >= 15 is 0 Å². The Morgan fingerprint density at radius 2 is 2.00 bits per heavy atom. The highest BCUT2D eigenvalue weighted by Gasteiger charge is 2.21. The van der Waals surface area contributed by atoms with E-state index in [-0.39, 0.29) is 18.4 Å². The van der Waals surface area contributed by atoms with Crippen LogP contribution in [0.4, 0.5) is 0 Å². The van der Waals surface area contributed by atoms with E-state index in [9.17, 15) is 9.59 Å². The van der Waals surface area contributed by atoms with Crippen LogP contribution in [0, 0.1) is 5.92 Å². The van der Waals surface area contributed by atoms with Crippen LogP contribution in [-0.2, 0) is 14.3 Å². The molecule has 0 atom stereocenters. The van der Waals surface area contributed by atoms with Crippen LogP contribution in [0.3, 0.4) is 0 Å². The van der Waals surface area contributed by atoms with Crippen LogP contribution in [0.1, 0.15) is 33.6 Å². The summed E-state index contributed by atoms with van der Waals surface area (Å²) >= 11 is 1.72. The lowest BCUT2D eigenvalue weighted by Gasteiger charge is -2.26. The number of hydrogen-bond donors (Lipinski definition) is 1. The van der Waals surface area contributed by atoms with Gasteiger partial charge in [0.2, 0.25) is 5.91 Å². The molecule has 0 aromatic rings. The number of piperidine rings is 1. The van der Waals surface area contributed by atoms with Gasteiger partial charge in [0.1, 0.15) is 6.54 Å². The molecule has 21 heavy (non-hydrogen) atoms. The van der Waals surface area contributed by atoms with Crippen LogP contribution in [0.2, 0.25) is 0 Å². The van der Waals surface area contributed by atoms with Crippen molar-refractivity contribution in [3.63, 3.8) is 0 Å². The van der Waals surface area contributed by atoms with Gasteiger partial charge in [-0.3, -0.25) is 9.59 Å². The molecule has 1 fully saturated rings. The number of rotatable bonds is 8. The molecule has 1 saturated heterocycles. The number of thioether (sulfide) groups is 1.